The molecule has 2 atom stereocenters. The van der Waals surface area contributed by atoms with Crippen LogP contribution in [0.2, 0.25) is 5.02 Å². The fourth-order valence-electron chi connectivity index (χ4n) is 2.88. The lowest BCUT2D eigenvalue weighted by Gasteiger charge is -2.34. The summed E-state index contributed by atoms with van der Waals surface area (Å²) in [6.07, 6.45) is 2.27. The molecule has 0 aliphatic carbocycles. The van der Waals surface area contributed by atoms with Gasteiger partial charge in [0.15, 0.2) is 0 Å². The molecule has 1 N–H and O–H groups in total. The average molecular weight is 351 g/mol. The SMILES string of the molecule is CC(C)(C)[C@H](NC(=O)c1ccccc1Cl)C(=O)N1CCC[C@H]1C=O. The van der Waals surface area contributed by atoms with E-state index >= 15 is 0 Å². The first-order valence-corrected chi connectivity index (χ1v) is 8.44. The third kappa shape index (κ3) is 3.96. The van der Waals surface area contributed by atoms with Gasteiger partial charge in [-0.1, -0.05) is 44.5 Å². The van der Waals surface area contributed by atoms with Crippen molar-refractivity contribution in [2.45, 2.75) is 45.7 Å². The highest BCUT2D eigenvalue weighted by Gasteiger charge is 2.39. The summed E-state index contributed by atoms with van der Waals surface area (Å²) in [5.41, 5.74) is -0.168. The number of aldehydes is 1. The first kappa shape index (κ1) is 18.5. The van der Waals surface area contributed by atoms with E-state index in [0.717, 1.165) is 12.7 Å². The Balaban J connectivity index is 2.23. The number of hydrogen-bond acceptors (Lipinski definition) is 3. The van der Waals surface area contributed by atoms with Crippen LogP contribution < -0.4 is 5.32 Å². The summed E-state index contributed by atoms with van der Waals surface area (Å²) < 4.78 is 0. The Hall–Kier alpha value is -1.88. The fraction of sp³-hybridized carbons (Fsp3) is 0.500. The van der Waals surface area contributed by atoms with Crippen molar-refractivity contribution in [2.75, 3.05) is 6.54 Å². The number of halogens is 1. The van der Waals surface area contributed by atoms with Gasteiger partial charge in [0.2, 0.25) is 5.91 Å². The largest absolute Gasteiger partial charge is 0.340 e. The average Bonchev–Trinajstić information content (AvgIpc) is 2.99. The van der Waals surface area contributed by atoms with Gasteiger partial charge in [0.25, 0.3) is 5.91 Å². The smallest absolute Gasteiger partial charge is 0.253 e. The fourth-order valence-corrected chi connectivity index (χ4v) is 3.10. The van der Waals surface area contributed by atoms with E-state index in [1.54, 1.807) is 29.2 Å². The number of nitrogens with zero attached hydrogens (tertiary/aromatic N) is 1. The minimum Gasteiger partial charge on any atom is -0.340 e. The number of likely N-dealkylation sites (tertiary alicyclic amines) is 1. The molecule has 6 heteroatoms. The predicted molar refractivity (Wildman–Crippen MR) is 93.0 cm³/mol. The molecule has 1 aliphatic rings. The molecule has 1 saturated heterocycles. The normalized spacial score (nSPS) is 19.0. The number of benzene rings is 1. The molecule has 1 aromatic rings. The summed E-state index contributed by atoms with van der Waals surface area (Å²) in [5.74, 6) is -0.617. The predicted octanol–water partition coefficient (Wildman–Crippen LogP) is 2.67. The Morgan fingerprint density at radius 3 is 2.58 bits per heavy atom. The first-order valence-electron chi connectivity index (χ1n) is 8.07. The van der Waals surface area contributed by atoms with Crippen LogP contribution >= 0.6 is 11.6 Å². The number of nitrogens with one attached hydrogen (secondary N) is 1. The van der Waals surface area contributed by atoms with Gasteiger partial charge >= 0.3 is 0 Å². The summed E-state index contributed by atoms with van der Waals surface area (Å²) in [6.45, 7) is 6.19. The van der Waals surface area contributed by atoms with Crippen LogP contribution in [0.5, 0.6) is 0 Å². The Kier molecular flexibility index (Phi) is 5.65. The minimum absolute atomic E-state index is 0.225. The van der Waals surface area contributed by atoms with E-state index in [-0.39, 0.29) is 5.91 Å². The van der Waals surface area contributed by atoms with Crippen LogP contribution in [0.15, 0.2) is 24.3 Å². The van der Waals surface area contributed by atoms with E-state index in [9.17, 15) is 14.4 Å². The van der Waals surface area contributed by atoms with Gasteiger partial charge in [-0.05, 0) is 30.4 Å². The quantitative estimate of drug-likeness (QED) is 0.849. The lowest BCUT2D eigenvalue weighted by atomic mass is 9.85. The molecule has 0 unspecified atom stereocenters. The summed E-state index contributed by atoms with van der Waals surface area (Å²) in [6, 6.07) is 5.57. The van der Waals surface area contributed by atoms with Gasteiger partial charge in [-0.2, -0.15) is 0 Å². The minimum atomic E-state index is -0.734. The Bertz CT molecular complexity index is 639. The van der Waals surface area contributed by atoms with Gasteiger partial charge in [0.1, 0.15) is 12.3 Å². The lowest BCUT2D eigenvalue weighted by Crippen LogP contribution is -2.55. The lowest BCUT2D eigenvalue weighted by molar-refractivity contribution is -0.138. The van der Waals surface area contributed by atoms with Crippen LogP contribution in [0.3, 0.4) is 0 Å². The zero-order chi connectivity index (χ0) is 17.9. The molecule has 5 nitrogen and oxygen atoms in total. The van der Waals surface area contributed by atoms with Crippen LogP contribution in [0.1, 0.15) is 44.0 Å². The van der Waals surface area contributed by atoms with Crippen LogP contribution in [0.25, 0.3) is 0 Å². The molecule has 130 valence electrons. The second kappa shape index (κ2) is 7.34. The number of hydrogen-bond donors (Lipinski definition) is 1. The molecule has 1 fully saturated rings. The Morgan fingerprint density at radius 2 is 2.00 bits per heavy atom. The maximum Gasteiger partial charge on any atom is 0.253 e. The second-order valence-electron chi connectivity index (χ2n) is 7.13. The van der Waals surface area contributed by atoms with Gasteiger partial charge in [0.05, 0.1) is 16.6 Å². The third-order valence-corrected chi connectivity index (χ3v) is 4.58. The number of carbonyl (C=O) groups excluding carboxylic acids is 3. The standard InChI is InChI=1S/C18H23ClN2O3/c1-18(2,3)15(17(24)21-10-6-7-12(21)11-22)20-16(23)13-8-4-5-9-14(13)19/h4-5,8-9,11-12,15H,6-7,10H2,1-3H3,(H,20,23)/t12-,15+/m0/s1. The second-order valence-corrected chi connectivity index (χ2v) is 7.54. The van der Waals surface area contributed by atoms with Crippen LogP contribution in [0, 0.1) is 5.41 Å². The molecule has 1 aromatic carbocycles. The van der Waals surface area contributed by atoms with Crippen LogP contribution in [0.4, 0.5) is 0 Å². The molecule has 2 amide bonds. The molecule has 0 spiro atoms. The molecule has 1 aliphatic heterocycles. The van der Waals surface area contributed by atoms with E-state index in [0.29, 0.717) is 23.6 Å². The molecular weight excluding hydrogens is 328 g/mol. The number of carbonyl (C=O) groups is 3. The third-order valence-electron chi connectivity index (χ3n) is 4.25. The van der Waals surface area contributed by atoms with Crippen molar-refractivity contribution in [3.63, 3.8) is 0 Å². The van der Waals surface area contributed by atoms with Crippen molar-refractivity contribution in [2.24, 2.45) is 5.41 Å². The summed E-state index contributed by atoms with van der Waals surface area (Å²) in [5, 5.41) is 3.14. The molecule has 0 radical (unpaired) electrons. The van der Waals surface area contributed by atoms with Gasteiger partial charge in [0, 0.05) is 6.54 Å². The van der Waals surface area contributed by atoms with Crippen molar-refractivity contribution in [3.8, 4) is 0 Å². The molecule has 0 saturated carbocycles. The van der Waals surface area contributed by atoms with Gasteiger partial charge < -0.3 is 15.0 Å². The molecular formula is C18H23ClN2O3. The summed E-state index contributed by atoms with van der Waals surface area (Å²) >= 11 is 6.07. The highest BCUT2D eigenvalue weighted by molar-refractivity contribution is 6.33. The molecule has 0 aromatic heterocycles. The molecule has 24 heavy (non-hydrogen) atoms. The van der Waals surface area contributed by atoms with Crippen molar-refractivity contribution < 1.29 is 14.4 Å². The van der Waals surface area contributed by atoms with E-state index < -0.39 is 23.4 Å². The zero-order valence-corrected chi connectivity index (χ0v) is 15.0. The molecule has 0 bridgehead atoms. The molecule has 2 rings (SSSR count). The van der Waals surface area contributed by atoms with Crippen molar-refractivity contribution in [1.82, 2.24) is 10.2 Å². The summed E-state index contributed by atoms with van der Waals surface area (Å²) in [7, 11) is 0. The zero-order valence-electron chi connectivity index (χ0n) is 14.2. The molecule has 1 heterocycles. The van der Waals surface area contributed by atoms with Gasteiger partial charge in [-0.3, -0.25) is 9.59 Å². The monoisotopic (exact) mass is 350 g/mol. The Labute approximate surface area is 147 Å². The maximum absolute atomic E-state index is 12.9. The first-order chi connectivity index (χ1) is 11.3. The van der Waals surface area contributed by atoms with Gasteiger partial charge in [-0.15, -0.1) is 0 Å². The summed E-state index contributed by atoms with van der Waals surface area (Å²) in [4.78, 5) is 38.2. The van der Waals surface area contributed by atoms with E-state index in [1.807, 2.05) is 20.8 Å². The Morgan fingerprint density at radius 1 is 1.33 bits per heavy atom. The highest BCUT2D eigenvalue weighted by atomic mass is 35.5. The van der Waals surface area contributed by atoms with E-state index in [4.69, 9.17) is 11.6 Å². The highest BCUT2D eigenvalue weighted by Crippen LogP contribution is 2.26. The van der Waals surface area contributed by atoms with Gasteiger partial charge in [-0.25, -0.2) is 0 Å². The van der Waals surface area contributed by atoms with E-state index in [2.05, 4.69) is 5.32 Å². The van der Waals surface area contributed by atoms with Crippen molar-refractivity contribution in [3.05, 3.63) is 34.9 Å². The maximum atomic E-state index is 12.9. The number of rotatable bonds is 4. The topological polar surface area (TPSA) is 66.5 Å². The van der Waals surface area contributed by atoms with E-state index in [1.165, 1.54) is 0 Å². The van der Waals surface area contributed by atoms with Crippen molar-refractivity contribution in [1.29, 1.82) is 0 Å². The van der Waals surface area contributed by atoms with Crippen LogP contribution in [-0.2, 0) is 9.59 Å². The van der Waals surface area contributed by atoms with Crippen LogP contribution in [-0.4, -0.2) is 41.6 Å². The number of amides is 2. The van der Waals surface area contributed by atoms with Crippen molar-refractivity contribution >= 4 is 29.7 Å².